The maximum Gasteiger partial charge on any atom is 0.264 e. The van der Waals surface area contributed by atoms with Gasteiger partial charge in [-0.3, -0.25) is 9.36 Å². The average molecular weight is 489 g/mol. The molecule has 0 amide bonds. The molecule has 0 radical (unpaired) electrons. The zero-order valence-electron chi connectivity index (χ0n) is 21.7. The lowest BCUT2D eigenvalue weighted by molar-refractivity contribution is 0.289. The highest BCUT2D eigenvalue weighted by Gasteiger charge is 2.20. The van der Waals surface area contributed by atoms with Crippen molar-refractivity contribution in [3.8, 4) is 22.8 Å². The van der Waals surface area contributed by atoms with E-state index in [4.69, 9.17) is 9.72 Å². The molecular formula is C28H32N4O2S. The molecule has 0 aliphatic heterocycles. The largest absolute Gasteiger partial charge is 0.472 e. The van der Waals surface area contributed by atoms with Crippen LogP contribution in [0.25, 0.3) is 16.9 Å². The number of benzene rings is 1. The first-order valence-corrected chi connectivity index (χ1v) is 12.6. The zero-order chi connectivity index (χ0) is 25.5. The van der Waals surface area contributed by atoms with E-state index in [2.05, 4.69) is 49.1 Å². The highest BCUT2D eigenvalue weighted by atomic mass is 32.1. The molecule has 0 atom stereocenters. The third-order valence-corrected chi connectivity index (χ3v) is 6.87. The van der Waals surface area contributed by atoms with Gasteiger partial charge in [0.25, 0.3) is 5.56 Å². The molecule has 182 valence electrons. The summed E-state index contributed by atoms with van der Waals surface area (Å²) < 4.78 is 7.60. The molecule has 0 unspecified atom stereocenters. The summed E-state index contributed by atoms with van der Waals surface area (Å²) in [5, 5.41) is 2.06. The second-order valence-electron chi connectivity index (χ2n) is 10.1. The van der Waals surface area contributed by atoms with Crippen molar-refractivity contribution in [1.29, 1.82) is 0 Å². The van der Waals surface area contributed by atoms with Crippen LogP contribution in [0.4, 0.5) is 0 Å². The molecule has 0 saturated carbocycles. The molecular weight excluding hydrogens is 456 g/mol. The van der Waals surface area contributed by atoms with Gasteiger partial charge in [0.15, 0.2) is 0 Å². The van der Waals surface area contributed by atoms with Gasteiger partial charge < -0.3 is 4.74 Å². The Kier molecular flexibility index (Phi) is 6.64. The molecule has 4 aromatic rings. The van der Waals surface area contributed by atoms with Crippen LogP contribution in [0.15, 0.2) is 40.6 Å². The summed E-state index contributed by atoms with van der Waals surface area (Å²) in [4.78, 5) is 28.8. The molecule has 0 spiro atoms. The third kappa shape index (κ3) is 5.05. The molecule has 7 heteroatoms. The van der Waals surface area contributed by atoms with Crippen molar-refractivity contribution in [2.24, 2.45) is 0 Å². The van der Waals surface area contributed by atoms with Gasteiger partial charge in [0.1, 0.15) is 18.3 Å². The normalized spacial score (nSPS) is 11.7. The number of nitrogens with zero attached hydrogens (tertiary/aromatic N) is 4. The maximum absolute atomic E-state index is 13.5. The van der Waals surface area contributed by atoms with Crippen molar-refractivity contribution < 1.29 is 4.74 Å². The summed E-state index contributed by atoms with van der Waals surface area (Å²) in [5.41, 5.74) is 5.82. The second-order valence-corrected chi connectivity index (χ2v) is 11.2. The molecule has 3 aromatic heterocycles. The average Bonchev–Trinajstić information content (AvgIpc) is 3.21. The number of rotatable bonds is 5. The first kappa shape index (κ1) is 24.8. The lowest BCUT2D eigenvalue weighted by Crippen LogP contribution is -2.26. The van der Waals surface area contributed by atoms with E-state index >= 15 is 0 Å². The van der Waals surface area contributed by atoms with Crippen molar-refractivity contribution in [3.05, 3.63) is 85.0 Å². The molecule has 0 bridgehead atoms. The van der Waals surface area contributed by atoms with Gasteiger partial charge in [0.05, 0.1) is 16.9 Å². The Bertz CT molecular complexity index is 1460. The van der Waals surface area contributed by atoms with E-state index in [0.717, 1.165) is 39.5 Å². The smallest absolute Gasteiger partial charge is 0.264 e. The van der Waals surface area contributed by atoms with Crippen molar-refractivity contribution in [1.82, 2.24) is 19.5 Å². The van der Waals surface area contributed by atoms with Crippen molar-refractivity contribution in [2.75, 3.05) is 0 Å². The van der Waals surface area contributed by atoms with Gasteiger partial charge >= 0.3 is 0 Å². The Morgan fingerprint density at radius 3 is 2.40 bits per heavy atom. The van der Waals surface area contributed by atoms with Crippen LogP contribution >= 0.6 is 11.3 Å². The fraction of sp³-hybridized carbons (Fsp3) is 0.357. The Balaban J connectivity index is 1.76. The van der Waals surface area contributed by atoms with Crippen molar-refractivity contribution >= 4 is 11.3 Å². The first-order chi connectivity index (χ1) is 16.5. The van der Waals surface area contributed by atoms with Crippen LogP contribution in [0.3, 0.4) is 0 Å². The van der Waals surface area contributed by atoms with Crippen LogP contribution in [-0.4, -0.2) is 19.5 Å². The van der Waals surface area contributed by atoms with Gasteiger partial charge in [0, 0.05) is 27.6 Å². The van der Waals surface area contributed by atoms with E-state index in [0.29, 0.717) is 23.9 Å². The SMILES string of the molecule is Cc1cc(COc2nc(C)n(-c3cc(-c4nc(C(C)(C)C)ncc4C)ccc3C)c(=O)c2C)cs1. The maximum atomic E-state index is 13.5. The first-order valence-electron chi connectivity index (χ1n) is 11.7. The highest BCUT2D eigenvalue weighted by Crippen LogP contribution is 2.28. The minimum Gasteiger partial charge on any atom is -0.472 e. The fourth-order valence-corrected chi connectivity index (χ4v) is 4.62. The summed E-state index contributed by atoms with van der Waals surface area (Å²) in [6.45, 7) is 16.4. The van der Waals surface area contributed by atoms with Gasteiger partial charge in [-0.05, 0) is 63.3 Å². The zero-order valence-corrected chi connectivity index (χ0v) is 22.5. The molecule has 0 N–H and O–H groups in total. The van der Waals surface area contributed by atoms with E-state index in [-0.39, 0.29) is 11.0 Å². The summed E-state index contributed by atoms with van der Waals surface area (Å²) in [5.74, 6) is 1.74. The molecule has 0 fully saturated rings. The number of hydrogen-bond donors (Lipinski definition) is 0. The number of aryl methyl sites for hydroxylation is 4. The second kappa shape index (κ2) is 9.38. The van der Waals surface area contributed by atoms with E-state index < -0.39 is 0 Å². The third-order valence-electron chi connectivity index (χ3n) is 5.96. The minimum absolute atomic E-state index is 0.135. The van der Waals surface area contributed by atoms with Crippen LogP contribution in [0.5, 0.6) is 5.88 Å². The topological polar surface area (TPSA) is 69.9 Å². The van der Waals surface area contributed by atoms with Gasteiger partial charge in [-0.25, -0.2) is 9.97 Å². The van der Waals surface area contributed by atoms with Crippen LogP contribution in [0.1, 0.15) is 59.6 Å². The van der Waals surface area contributed by atoms with Gasteiger partial charge in [-0.15, -0.1) is 11.3 Å². The Hall–Kier alpha value is -3.32. The van der Waals surface area contributed by atoms with E-state index in [1.165, 1.54) is 4.88 Å². The van der Waals surface area contributed by atoms with Crippen LogP contribution in [0, 0.1) is 34.6 Å². The predicted molar refractivity (Wildman–Crippen MR) is 142 cm³/mol. The summed E-state index contributed by atoms with van der Waals surface area (Å²) in [6.07, 6.45) is 1.87. The number of hydrogen-bond acceptors (Lipinski definition) is 6. The van der Waals surface area contributed by atoms with Gasteiger partial charge in [-0.2, -0.15) is 4.98 Å². The lowest BCUT2D eigenvalue weighted by Gasteiger charge is -2.19. The molecule has 6 nitrogen and oxygen atoms in total. The standard InChI is InChI=1S/C28H32N4O2S/c1-16-9-10-22(24-17(2)13-29-27(31-24)28(6,7)8)12-23(16)32-20(5)30-25(19(4)26(32)33)34-14-21-11-18(3)35-15-21/h9-13,15H,14H2,1-8H3. The quantitative estimate of drug-likeness (QED) is 0.336. The van der Waals surface area contributed by atoms with Crippen LogP contribution in [-0.2, 0) is 12.0 Å². The fourth-order valence-electron chi connectivity index (χ4n) is 3.93. The van der Waals surface area contributed by atoms with Crippen LogP contribution in [0.2, 0.25) is 0 Å². The number of ether oxygens (including phenoxy) is 1. The molecule has 0 saturated heterocycles. The van der Waals surface area contributed by atoms with E-state index in [1.807, 2.05) is 45.2 Å². The Labute approximate surface area is 210 Å². The van der Waals surface area contributed by atoms with Crippen LogP contribution < -0.4 is 10.3 Å². The molecule has 1 aromatic carbocycles. The predicted octanol–water partition coefficient (Wildman–Crippen LogP) is 6.17. The molecule has 0 aliphatic rings. The van der Waals surface area contributed by atoms with E-state index in [1.54, 1.807) is 22.8 Å². The van der Waals surface area contributed by atoms with Crippen molar-refractivity contribution in [3.63, 3.8) is 0 Å². The monoisotopic (exact) mass is 488 g/mol. The number of thiophene rings is 1. The minimum atomic E-state index is -0.165. The van der Waals surface area contributed by atoms with Gasteiger partial charge in [0.2, 0.25) is 5.88 Å². The summed E-state index contributed by atoms with van der Waals surface area (Å²) in [7, 11) is 0. The molecule has 35 heavy (non-hydrogen) atoms. The molecule has 3 heterocycles. The van der Waals surface area contributed by atoms with Gasteiger partial charge in [-0.1, -0.05) is 32.9 Å². The van der Waals surface area contributed by atoms with E-state index in [9.17, 15) is 4.79 Å². The number of aromatic nitrogens is 4. The Morgan fingerprint density at radius 1 is 1.00 bits per heavy atom. The summed E-state index contributed by atoms with van der Waals surface area (Å²) in [6, 6.07) is 8.17. The molecule has 0 aliphatic carbocycles. The highest BCUT2D eigenvalue weighted by molar-refractivity contribution is 7.10. The summed E-state index contributed by atoms with van der Waals surface area (Å²) >= 11 is 1.68. The Morgan fingerprint density at radius 2 is 1.74 bits per heavy atom. The molecule has 4 rings (SSSR count). The van der Waals surface area contributed by atoms with Crippen molar-refractivity contribution in [2.45, 2.75) is 67.4 Å². The lowest BCUT2D eigenvalue weighted by atomic mass is 9.95.